The van der Waals surface area contributed by atoms with Gasteiger partial charge in [-0.3, -0.25) is 0 Å². The van der Waals surface area contributed by atoms with Crippen molar-refractivity contribution in [3.8, 4) is 0 Å². The summed E-state index contributed by atoms with van der Waals surface area (Å²) in [7, 11) is 0. The summed E-state index contributed by atoms with van der Waals surface area (Å²) in [5, 5.41) is 13.0. The van der Waals surface area contributed by atoms with Crippen molar-refractivity contribution in [1.29, 1.82) is 0 Å². The van der Waals surface area contributed by atoms with Crippen molar-refractivity contribution in [2.45, 2.75) is 18.4 Å². The first kappa shape index (κ1) is 12.7. The number of aliphatic hydroxyl groups is 1. The number of rotatable bonds is 3. The molecule has 4 nitrogen and oxygen atoms in total. The number of anilines is 2. The van der Waals surface area contributed by atoms with Gasteiger partial charge in [-0.15, -0.1) is 0 Å². The van der Waals surface area contributed by atoms with Gasteiger partial charge in [-0.25, -0.2) is 0 Å². The van der Waals surface area contributed by atoms with E-state index in [1.807, 2.05) is 18.2 Å². The normalized spacial score (nSPS) is 18.9. The van der Waals surface area contributed by atoms with Crippen LogP contribution in [0.4, 0.5) is 11.4 Å². The molecule has 0 spiro atoms. The second-order valence-electron chi connectivity index (χ2n) is 4.41. The molecule has 0 amide bonds. The Hall–Kier alpha value is -0.780. The molecule has 0 aliphatic carbocycles. The standard InChI is InChI=1S/C12H17BrN2O2/c13-9-1-2-10(14)11(7-9)15-12(8-16)3-5-17-6-4-12/h1-2,7,15-16H,3-6,8,14H2. The van der Waals surface area contributed by atoms with E-state index in [1.54, 1.807) is 0 Å². The highest BCUT2D eigenvalue weighted by molar-refractivity contribution is 9.10. The van der Waals surface area contributed by atoms with Crippen LogP contribution in [0, 0.1) is 0 Å². The van der Waals surface area contributed by atoms with E-state index in [0.717, 1.165) is 23.0 Å². The summed E-state index contributed by atoms with van der Waals surface area (Å²) in [5.74, 6) is 0. The second kappa shape index (κ2) is 5.25. The molecule has 1 saturated heterocycles. The monoisotopic (exact) mass is 300 g/mol. The number of nitrogen functional groups attached to an aromatic ring is 1. The van der Waals surface area contributed by atoms with Crippen molar-refractivity contribution < 1.29 is 9.84 Å². The number of nitrogens with two attached hydrogens (primary N) is 1. The van der Waals surface area contributed by atoms with Crippen LogP contribution >= 0.6 is 15.9 Å². The Morgan fingerprint density at radius 3 is 2.76 bits per heavy atom. The predicted molar refractivity (Wildman–Crippen MR) is 72.0 cm³/mol. The van der Waals surface area contributed by atoms with Crippen LogP contribution in [0.2, 0.25) is 0 Å². The van der Waals surface area contributed by atoms with Gasteiger partial charge in [-0.1, -0.05) is 15.9 Å². The molecule has 2 rings (SSSR count). The number of benzene rings is 1. The molecule has 0 atom stereocenters. The minimum atomic E-state index is -0.312. The fraction of sp³-hybridized carbons (Fsp3) is 0.500. The van der Waals surface area contributed by atoms with Crippen LogP contribution in [0.5, 0.6) is 0 Å². The Morgan fingerprint density at radius 1 is 1.41 bits per heavy atom. The van der Waals surface area contributed by atoms with Crippen LogP contribution in [0.3, 0.4) is 0 Å². The highest BCUT2D eigenvalue weighted by Crippen LogP contribution is 2.30. The minimum Gasteiger partial charge on any atom is -0.397 e. The molecule has 1 fully saturated rings. The van der Waals surface area contributed by atoms with E-state index in [9.17, 15) is 5.11 Å². The summed E-state index contributed by atoms with van der Waals surface area (Å²) in [4.78, 5) is 0. The summed E-state index contributed by atoms with van der Waals surface area (Å²) in [5.41, 5.74) is 7.16. The predicted octanol–water partition coefficient (Wildman–Crippen LogP) is 1.98. The van der Waals surface area contributed by atoms with Gasteiger partial charge < -0.3 is 20.9 Å². The largest absolute Gasteiger partial charge is 0.397 e. The van der Waals surface area contributed by atoms with Gasteiger partial charge in [0.2, 0.25) is 0 Å². The van der Waals surface area contributed by atoms with Crippen molar-refractivity contribution >= 4 is 27.3 Å². The van der Waals surface area contributed by atoms with E-state index >= 15 is 0 Å². The van der Waals surface area contributed by atoms with Gasteiger partial charge in [-0.05, 0) is 31.0 Å². The molecule has 1 aliphatic heterocycles. The van der Waals surface area contributed by atoms with Crippen molar-refractivity contribution in [3.05, 3.63) is 22.7 Å². The zero-order chi connectivity index (χ0) is 12.3. The molecule has 94 valence electrons. The van der Waals surface area contributed by atoms with Gasteiger partial charge in [0, 0.05) is 17.7 Å². The first-order valence-electron chi connectivity index (χ1n) is 5.67. The van der Waals surface area contributed by atoms with E-state index in [2.05, 4.69) is 21.2 Å². The van der Waals surface area contributed by atoms with Crippen molar-refractivity contribution in [2.24, 2.45) is 0 Å². The molecule has 0 bridgehead atoms. The Morgan fingerprint density at radius 2 is 2.12 bits per heavy atom. The van der Waals surface area contributed by atoms with Crippen LogP contribution in [0.1, 0.15) is 12.8 Å². The van der Waals surface area contributed by atoms with Crippen LogP contribution in [-0.2, 0) is 4.74 Å². The summed E-state index contributed by atoms with van der Waals surface area (Å²) >= 11 is 3.42. The third kappa shape index (κ3) is 2.91. The number of aliphatic hydroxyl groups excluding tert-OH is 1. The Labute approximate surface area is 109 Å². The van der Waals surface area contributed by atoms with Crippen LogP contribution < -0.4 is 11.1 Å². The Bertz CT molecular complexity index is 392. The summed E-state index contributed by atoms with van der Waals surface area (Å²) in [6.07, 6.45) is 1.57. The Balaban J connectivity index is 2.20. The molecular formula is C12H17BrN2O2. The van der Waals surface area contributed by atoms with Gasteiger partial charge in [0.1, 0.15) is 0 Å². The van der Waals surface area contributed by atoms with Crippen molar-refractivity contribution in [3.63, 3.8) is 0 Å². The van der Waals surface area contributed by atoms with Crippen LogP contribution in [-0.4, -0.2) is 30.5 Å². The van der Waals surface area contributed by atoms with Gasteiger partial charge in [0.25, 0.3) is 0 Å². The molecule has 1 aromatic carbocycles. The van der Waals surface area contributed by atoms with Gasteiger partial charge in [0.05, 0.1) is 23.5 Å². The number of ether oxygens (including phenoxy) is 1. The molecule has 0 unspecified atom stereocenters. The summed E-state index contributed by atoms with van der Waals surface area (Å²) in [6.45, 7) is 1.42. The fourth-order valence-corrected chi connectivity index (χ4v) is 2.37. The van der Waals surface area contributed by atoms with Gasteiger partial charge in [0.15, 0.2) is 0 Å². The molecule has 1 aromatic rings. The lowest BCUT2D eigenvalue weighted by Gasteiger charge is -2.37. The average molecular weight is 301 g/mol. The summed E-state index contributed by atoms with van der Waals surface area (Å²) in [6, 6.07) is 5.68. The first-order chi connectivity index (χ1) is 8.15. The third-order valence-electron chi connectivity index (χ3n) is 3.17. The lowest BCUT2D eigenvalue weighted by atomic mass is 9.90. The smallest absolute Gasteiger partial charge is 0.0663 e. The van der Waals surface area contributed by atoms with Crippen molar-refractivity contribution in [2.75, 3.05) is 30.9 Å². The van der Waals surface area contributed by atoms with E-state index in [4.69, 9.17) is 10.5 Å². The van der Waals surface area contributed by atoms with Gasteiger partial charge in [-0.2, -0.15) is 0 Å². The molecule has 5 heteroatoms. The zero-order valence-corrected chi connectivity index (χ0v) is 11.2. The molecule has 1 heterocycles. The summed E-state index contributed by atoms with van der Waals surface area (Å²) < 4.78 is 6.29. The zero-order valence-electron chi connectivity index (χ0n) is 9.58. The lowest BCUT2D eigenvalue weighted by molar-refractivity contribution is 0.0380. The maximum Gasteiger partial charge on any atom is 0.0663 e. The number of hydrogen-bond acceptors (Lipinski definition) is 4. The highest BCUT2D eigenvalue weighted by atomic mass is 79.9. The molecular weight excluding hydrogens is 284 g/mol. The first-order valence-corrected chi connectivity index (χ1v) is 6.46. The van der Waals surface area contributed by atoms with Crippen LogP contribution in [0.15, 0.2) is 22.7 Å². The molecule has 0 aromatic heterocycles. The fourth-order valence-electron chi connectivity index (χ4n) is 2.01. The molecule has 4 N–H and O–H groups in total. The second-order valence-corrected chi connectivity index (χ2v) is 5.32. The van der Waals surface area contributed by atoms with E-state index in [0.29, 0.717) is 18.9 Å². The van der Waals surface area contributed by atoms with Crippen LogP contribution in [0.25, 0.3) is 0 Å². The lowest BCUT2D eigenvalue weighted by Crippen LogP contribution is -2.47. The molecule has 0 radical (unpaired) electrons. The van der Waals surface area contributed by atoms with Crippen molar-refractivity contribution in [1.82, 2.24) is 0 Å². The third-order valence-corrected chi connectivity index (χ3v) is 3.66. The maximum atomic E-state index is 9.59. The Kier molecular flexibility index (Phi) is 3.91. The average Bonchev–Trinajstić information content (AvgIpc) is 2.35. The maximum absolute atomic E-state index is 9.59. The highest BCUT2D eigenvalue weighted by Gasteiger charge is 2.32. The quantitative estimate of drug-likeness (QED) is 0.747. The van der Waals surface area contributed by atoms with Gasteiger partial charge >= 0.3 is 0 Å². The SMILES string of the molecule is Nc1ccc(Br)cc1NC1(CO)CCOCC1. The number of halogens is 1. The van der Waals surface area contributed by atoms with E-state index in [1.165, 1.54) is 0 Å². The molecule has 1 aliphatic rings. The number of hydrogen-bond donors (Lipinski definition) is 3. The molecule has 17 heavy (non-hydrogen) atoms. The van der Waals surface area contributed by atoms with E-state index < -0.39 is 0 Å². The number of nitrogens with one attached hydrogen (secondary N) is 1. The van der Waals surface area contributed by atoms with E-state index in [-0.39, 0.29) is 12.1 Å². The minimum absolute atomic E-state index is 0.0856. The topological polar surface area (TPSA) is 67.5 Å². The molecule has 0 saturated carbocycles.